The zero-order valence-corrected chi connectivity index (χ0v) is 12.9. The lowest BCUT2D eigenvalue weighted by molar-refractivity contribution is -0.144. The molecule has 2 saturated heterocycles. The molecule has 0 saturated carbocycles. The second-order valence-electron chi connectivity index (χ2n) is 6.60. The standard InChI is InChI=1S/C16H21N3O3/c1-18-12-5-2-4-11(12)14(17-18)15(21)19-8-7-16(13(20)10-19)6-3-9-22-16/h2-10H2,1H3. The monoisotopic (exact) mass is 303 g/mol. The second kappa shape index (κ2) is 4.91. The molecule has 1 aromatic heterocycles. The number of hydrogen-bond acceptors (Lipinski definition) is 4. The van der Waals surface area contributed by atoms with E-state index < -0.39 is 5.60 Å². The maximum Gasteiger partial charge on any atom is 0.275 e. The quantitative estimate of drug-likeness (QED) is 0.772. The van der Waals surface area contributed by atoms with E-state index in [1.807, 2.05) is 11.7 Å². The number of likely N-dealkylation sites (tertiary alicyclic amines) is 1. The first-order chi connectivity index (χ1) is 10.6. The Morgan fingerprint density at radius 1 is 1.27 bits per heavy atom. The highest BCUT2D eigenvalue weighted by Crippen LogP contribution is 2.34. The fourth-order valence-corrected chi connectivity index (χ4v) is 4.07. The number of ether oxygens (including phenoxy) is 1. The van der Waals surface area contributed by atoms with Crippen molar-refractivity contribution < 1.29 is 14.3 Å². The van der Waals surface area contributed by atoms with Crippen LogP contribution in [0.3, 0.4) is 0 Å². The average Bonchev–Trinajstić information content (AvgIpc) is 3.20. The highest BCUT2D eigenvalue weighted by Gasteiger charge is 2.47. The summed E-state index contributed by atoms with van der Waals surface area (Å²) in [7, 11) is 1.89. The van der Waals surface area contributed by atoms with Crippen molar-refractivity contribution >= 4 is 11.7 Å². The van der Waals surface area contributed by atoms with Crippen LogP contribution in [0.25, 0.3) is 0 Å². The van der Waals surface area contributed by atoms with Crippen LogP contribution >= 0.6 is 0 Å². The summed E-state index contributed by atoms with van der Waals surface area (Å²) < 4.78 is 7.52. The number of fused-ring (bicyclic) bond motifs is 1. The van der Waals surface area contributed by atoms with Gasteiger partial charge >= 0.3 is 0 Å². The molecule has 4 rings (SSSR count). The Morgan fingerprint density at radius 3 is 2.86 bits per heavy atom. The zero-order chi connectivity index (χ0) is 15.3. The van der Waals surface area contributed by atoms with Gasteiger partial charge in [-0.25, -0.2) is 0 Å². The molecule has 0 bridgehead atoms. The van der Waals surface area contributed by atoms with Gasteiger partial charge in [-0.1, -0.05) is 0 Å². The van der Waals surface area contributed by atoms with Crippen molar-refractivity contribution in [2.75, 3.05) is 19.7 Å². The van der Waals surface area contributed by atoms with Crippen LogP contribution in [0.15, 0.2) is 0 Å². The van der Waals surface area contributed by atoms with Crippen LogP contribution in [0.5, 0.6) is 0 Å². The first-order valence-corrected chi connectivity index (χ1v) is 8.12. The number of rotatable bonds is 1. The van der Waals surface area contributed by atoms with Gasteiger partial charge in [0.2, 0.25) is 0 Å². The maximum absolute atomic E-state index is 12.8. The van der Waals surface area contributed by atoms with Crippen LogP contribution in [0.1, 0.15) is 47.4 Å². The van der Waals surface area contributed by atoms with Gasteiger partial charge < -0.3 is 9.64 Å². The third-order valence-corrected chi connectivity index (χ3v) is 5.34. The van der Waals surface area contributed by atoms with E-state index in [1.165, 1.54) is 5.69 Å². The van der Waals surface area contributed by atoms with Gasteiger partial charge in [0.1, 0.15) is 5.60 Å². The second-order valence-corrected chi connectivity index (χ2v) is 6.60. The molecule has 1 aromatic rings. The molecule has 1 aliphatic carbocycles. The van der Waals surface area contributed by atoms with Crippen molar-refractivity contribution in [3.63, 3.8) is 0 Å². The number of carbonyl (C=O) groups excluding carboxylic acids is 2. The van der Waals surface area contributed by atoms with Crippen molar-refractivity contribution in [3.8, 4) is 0 Å². The number of amides is 1. The Hall–Kier alpha value is -1.69. The molecule has 118 valence electrons. The Morgan fingerprint density at radius 2 is 2.14 bits per heavy atom. The van der Waals surface area contributed by atoms with E-state index in [4.69, 9.17) is 4.74 Å². The molecule has 6 heteroatoms. The minimum atomic E-state index is -0.608. The molecule has 2 aliphatic heterocycles. The third kappa shape index (κ3) is 1.93. The summed E-state index contributed by atoms with van der Waals surface area (Å²) in [4.78, 5) is 26.9. The summed E-state index contributed by atoms with van der Waals surface area (Å²) in [6.07, 6.45) is 5.34. The average molecular weight is 303 g/mol. The predicted molar refractivity (Wildman–Crippen MR) is 78.7 cm³/mol. The van der Waals surface area contributed by atoms with E-state index in [0.29, 0.717) is 25.3 Å². The topological polar surface area (TPSA) is 64.4 Å². The zero-order valence-electron chi connectivity index (χ0n) is 12.9. The van der Waals surface area contributed by atoms with Gasteiger partial charge in [-0.05, 0) is 32.1 Å². The summed E-state index contributed by atoms with van der Waals surface area (Å²) in [5.74, 6) is -0.0443. The third-order valence-electron chi connectivity index (χ3n) is 5.34. The van der Waals surface area contributed by atoms with Crippen molar-refractivity contribution in [3.05, 3.63) is 17.0 Å². The van der Waals surface area contributed by atoms with Crippen LogP contribution in [-0.4, -0.2) is 51.7 Å². The Kier molecular flexibility index (Phi) is 3.11. The molecule has 0 radical (unpaired) electrons. The molecular weight excluding hydrogens is 282 g/mol. The minimum Gasteiger partial charge on any atom is -0.367 e. The number of nitrogens with zero attached hydrogens (tertiary/aromatic N) is 3. The van der Waals surface area contributed by atoms with E-state index in [1.54, 1.807) is 4.90 Å². The number of Topliss-reactive ketones (excluding diaryl/α,β-unsaturated/α-hetero) is 1. The van der Waals surface area contributed by atoms with Gasteiger partial charge in [-0.15, -0.1) is 0 Å². The molecular formula is C16H21N3O3. The summed E-state index contributed by atoms with van der Waals surface area (Å²) in [6.45, 7) is 1.40. The molecule has 3 aliphatic rings. The summed E-state index contributed by atoms with van der Waals surface area (Å²) >= 11 is 0. The number of aryl methyl sites for hydroxylation is 1. The first-order valence-electron chi connectivity index (χ1n) is 8.12. The van der Waals surface area contributed by atoms with Gasteiger partial charge in [0.15, 0.2) is 11.5 Å². The summed E-state index contributed by atoms with van der Waals surface area (Å²) in [6, 6.07) is 0. The molecule has 1 amide bonds. The van der Waals surface area contributed by atoms with E-state index in [-0.39, 0.29) is 18.2 Å². The maximum atomic E-state index is 12.8. The van der Waals surface area contributed by atoms with E-state index in [0.717, 1.165) is 37.7 Å². The Labute approximate surface area is 129 Å². The fraction of sp³-hybridized carbons (Fsp3) is 0.688. The van der Waals surface area contributed by atoms with Crippen LogP contribution in [0, 0.1) is 0 Å². The van der Waals surface area contributed by atoms with Crippen LogP contribution in [0.4, 0.5) is 0 Å². The smallest absolute Gasteiger partial charge is 0.275 e. The normalized spacial score (nSPS) is 27.7. The molecule has 0 N–H and O–H groups in total. The van der Waals surface area contributed by atoms with Crippen LogP contribution < -0.4 is 0 Å². The van der Waals surface area contributed by atoms with Crippen LogP contribution in [-0.2, 0) is 29.4 Å². The number of piperidine rings is 1. The summed E-state index contributed by atoms with van der Waals surface area (Å²) in [5, 5.41) is 4.40. The number of hydrogen-bond donors (Lipinski definition) is 0. The van der Waals surface area contributed by atoms with Crippen molar-refractivity contribution in [2.45, 2.75) is 44.1 Å². The molecule has 6 nitrogen and oxygen atoms in total. The van der Waals surface area contributed by atoms with E-state index in [2.05, 4.69) is 5.10 Å². The Balaban J connectivity index is 1.55. The predicted octanol–water partition coefficient (Wildman–Crippen LogP) is 0.873. The number of aromatic nitrogens is 2. The molecule has 0 aromatic carbocycles. The SMILES string of the molecule is Cn1nc(C(=O)N2CCC3(CCCO3)C(=O)C2)c2c1CCC2. The molecule has 2 fully saturated rings. The van der Waals surface area contributed by atoms with Crippen molar-refractivity contribution in [1.29, 1.82) is 0 Å². The van der Waals surface area contributed by atoms with Gasteiger partial charge in [-0.2, -0.15) is 5.10 Å². The van der Waals surface area contributed by atoms with E-state index >= 15 is 0 Å². The van der Waals surface area contributed by atoms with Gasteiger partial charge in [0.05, 0.1) is 6.54 Å². The van der Waals surface area contributed by atoms with Crippen molar-refractivity contribution in [1.82, 2.24) is 14.7 Å². The highest BCUT2D eigenvalue weighted by atomic mass is 16.5. The minimum absolute atomic E-state index is 0.0529. The number of ketones is 1. The lowest BCUT2D eigenvalue weighted by atomic mass is 9.87. The molecule has 3 heterocycles. The molecule has 1 spiro atoms. The fourth-order valence-electron chi connectivity index (χ4n) is 4.07. The van der Waals surface area contributed by atoms with Crippen LogP contribution in [0.2, 0.25) is 0 Å². The van der Waals surface area contributed by atoms with E-state index in [9.17, 15) is 9.59 Å². The Bertz CT molecular complexity index is 643. The van der Waals surface area contributed by atoms with Crippen molar-refractivity contribution in [2.24, 2.45) is 7.05 Å². The van der Waals surface area contributed by atoms with Gasteiger partial charge in [0, 0.05) is 37.9 Å². The van der Waals surface area contributed by atoms with Gasteiger partial charge in [0.25, 0.3) is 5.91 Å². The number of carbonyl (C=O) groups is 2. The highest BCUT2D eigenvalue weighted by molar-refractivity contribution is 5.99. The van der Waals surface area contributed by atoms with Gasteiger partial charge in [-0.3, -0.25) is 14.3 Å². The first kappa shape index (κ1) is 13.9. The largest absolute Gasteiger partial charge is 0.367 e. The molecule has 22 heavy (non-hydrogen) atoms. The lowest BCUT2D eigenvalue weighted by Gasteiger charge is -2.36. The molecule has 1 unspecified atom stereocenters. The molecule has 1 atom stereocenters. The summed E-state index contributed by atoms with van der Waals surface area (Å²) in [5.41, 5.74) is 2.19. The lowest BCUT2D eigenvalue weighted by Crippen LogP contribution is -2.54.